The summed E-state index contributed by atoms with van der Waals surface area (Å²) in [5.41, 5.74) is 6.30. The highest BCUT2D eigenvalue weighted by atomic mass is 16.2. The van der Waals surface area contributed by atoms with Gasteiger partial charge < -0.3 is 0 Å². The van der Waals surface area contributed by atoms with Crippen molar-refractivity contribution in [2.75, 3.05) is 0 Å². The smallest absolute Gasteiger partial charge is 0.240 e. The Morgan fingerprint density at radius 3 is 2.85 bits per heavy atom. The average molecular weight is 269 g/mol. The maximum absolute atomic E-state index is 11.5. The van der Waals surface area contributed by atoms with Crippen LogP contribution in [0.15, 0.2) is 28.3 Å². The van der Waals surface area contributed by atoms with E-state index in [9.17, 15) is 4.79 Å². The van der Waals surface area contributed by atoms with Crippen LogP contribution in [0, 0.1) is 11.8 Å². The second kappa shape index (κ2) is 4.74. The number of aliphatic imine (C=N–C) groups is 1. The lowest BCUT2D eigenvalue weighted by atomic mass is 9.83. The third-order valence-corrected chi connectivity index (χ3v) is 3.70. The zero-order valence-electron chi connectivity index (χ0n) is 11.8. The molecule has 2 aliphatic rings. The van der Waals surface area contributed by atoms with Crippen molar-refractivity contribution in [3.63, 3.8) is 0 Å². The summed E-state index contributed by atoms with van der Waals surface area (Å²) in [6.07, 6.45) is 0.486. The van der Waals surface area contributed by atoms with Crippen LogP contribution in [-0.4, -0.2) is 17.5 Å². The Balaban J connectivity index is 1.99. The summed E-state index contributed by atoms with van der Waals surface area (Å²) in [6.45, 7) is 6.11. The molecule has 20 heavy (non-hydrogen) atoms. The zero-order chi connectivity index (χ0) is 14.3. The third kappa shape index (κ3) is 2.19. The van der Waals surface area contributed by atoms with Crippen LogP contribution in [0.5, 0.6) is 0 Å². The summed E-state index contributed by atoms with van der Waals surface area (Å²) in [7, 11) is 0. The fourth-order valence-corrected chi connectivity index (χ4v) is 2.62. The number of nitrogens with one attached hydrogen (secondary N) is 1. The fourth-order valence-electron chi connectivity index (χ4n) is 2.62. The Kier molecular flexibility index (Phi) is 3.04. The van der Waals surface area contributed by atoms with Gasteiger partial charge in [0.15, 0.2) is 0 Å². The minimum Gasteiger partial charge on any atom is -0.273 e. The van der Waals surface area contributed by atoms with Gasteiger partial charge >= 0.3 is 0 Å². The van der Waals surface area contributed by atoms with Crippen LogP contribution in [0.4, 0.5) is 11.4 Å². The first-order chi connectivity index (χ1) is 9.54. The molecule has 3 rings (SSSR count). The average Bonchev–Trinajstić information content (AvgIpc) is 2.77. The first kappa shape index (κ1) is 12.8. The van der Waals surface area contributed by atoms with Gasteiger partial charge in [0, 0.05) is 17.9 Å². The van der Waals surface area contributed by atoms with Gasteiger partial charge in [0.25, 0.3) is 0 Å². The molecule has 0 bridgehead atoms. The van der Waals surface area contributed by atoms with Crippen molar-refractivity contribution in [1.82, 2.24) is 10.7 Å². The predicted molar refractivity (Wildman–Crippen MR) is 78.6 cm³/mol. The molecule has 5 nitrogen and oxygen atoms in total. The zero-order valence-corrected chi connectivity index (χ0v) is 11.8. The van der Waals surface area contributed by atoms with E-state index in [2.05, 4.69) is 34.7 Å². The van der Waals surface area contributed by atoms with Gasteiger partial charge in [-0.15, -0.1) is 0 Å². The van der Waals surface area contributed by atoms with Crippen LogP contribution in [0.3, 0.4) is 0 Å². The monoisotopic (exact) mass is 269 g/mol. The second-order valence-corrected chi connectivity index (χ2v) is 5.56. The Hall–Kier alpha value is -2.17. The van der Waals surface area contributed by atoms with E-state index in [1.807, 2.05) is 25.1 Å². The van der Waals surface area contributed by atoms with E-state index in [4.69, 9.17) is 0 Å². The lowest BCUT2D eigenvalue weighted by Gasteiger charge is -2.26. The van der Waals surface area contributed by atoms with Crippen LogP contribution in [0.2, 0.25) is 0 Å². The summed E-state index contributed by atoms with van der Waals surface area (Å²) in [5, 5.41) is 8.61. The minimum atomic E-state index is -0.0162. The van der Waals surface area contributed by atoms with Crippen molar-refractivity contribution in [2.45, 2.75) is 27.2 Å². The third-order valence-electron chi connectivity index (χ3n) is 3.70. The highest BCUT2D eigenvalue weighted by Crippen LogP contribution is 2.33. The van der Waals surface area contributed by atoms with E-state index in [1.54, 1.807) is 0 Å². The summed E-state index contributed by atoms with van der Waals surface area (Å²) in [6, 6.07) is 5.96. The van der Waals surface area contributed by atoms with Gasteiger partial charge in [0.1, 0.15) is 5.84 Å². The Bertz CT molecular complexity index is 631. The lowest BCUT2D eigenvalue weighted by Crippen LogP contribution is -2.35. The van der Waals surface area contributed by atoms with Gasteiger partial charge in [-0.1, -0.05) is 19.9 Å². The number of hydrogen-bond donors (Lipinski definition) is 1. The van der Waals surface area contributed by atoms with Crippen molar-refractivity contribution in [1.29, 1.82) is 0 Å². The SMILES string of the molecule is CC1=Nc2cc(C3=NNC(=O)CC3C(C)C)ccc2[N]1. The summed E-state index contributed by atoms with van der Waals surface area (Å²) in [5.74, 6) is 1.27. The van der Waals surface area contributed by atoms with Crippen molar-refractivity contribution < 1.29 is 4.79 Å². The first-order valence-electron chi connectivity index (χ1n) is 6.82. The fraction of sp³-hybridized carbons (Fsp3) is 0.400. The van der Waals surface area contributed by atoms with Crippen molar-refractivity contribution in [2.24, 2.45) is 21.9 Å². The maximum Gasteiger partial charge on any atom is 0.240 e. The van der Waals surface area contributed by atoms with Gasteiger partial charge in [0.05, 0.1) is 17.1 Å². The minimum absolute atomic E-state index is 0.0162. The highest BCUT2D eigenvalue weighted by Gasteiger charge is 2.28. The quantitative estimate of drug-likeness (QED) is 0.880. The second-order valence-electron chi connectivity index (χ2n) is 5.56. The molecule has 1 aromatic carbocycles. The molecule has 2 heterocycles. The van der Waals surface area contributed by atoms with Gasteiger partial charge in [-0.25, -0.2) is 15.7 Å². The largest absolute Gasteiger partial charge is 0.273 e. The highest BCUT2D eigenvalue weighted by molar-refractivity contribution is 6.07. The number of hydrogen-bond acceptors (Lipinski definition) is 3. The molecule has 0 saturated heterocycles. The summed E-state index contributed by atoms with van der Waals surface area (Å²) < 4.78 is 0. The molecule has 2 aliphatic heterocycles. The molecular weight excluding hydrogens is 252 g/mol. The molecule has 0 spiro atoms. The van der Waals surface area contributed by atoms with E-state index < -0.39 is 0 Å². The number of nitrogens with zero attached hydrogens (tertiary/aromatic N) is 3. The van der Waals surface area contributed by atoms with E-state index in [1.165, 1.54) is 0 Å². The van der Waals surface area contributed by atoms with E-state index in [0.717, 1.165) is 28.5 Å². The number of benzene rings is 1. The topological polar surface area (TPSA) is 67.9 Å². The molecular formula is C15H17N4O. The van der Waals surface area contributed by atoms with Crippen LogP contribution in [0.25, 0.3) is 0 Å². The molecule has 0 aromatic heterocycles. The molecule has 0 fully saturated rings. The standard InChI is InChI=1S/C15H17N4O/c1-8(2)11-7-14(20)18-19-15(11)10-4-5-12-13(6-10)17-9(3)16-12/h4-6,8,11H,7H2,1-3H3,(H,18,20). The molecule has 1 atom stereocenters. The number of fused-ring (bicyclic) bond motifs is 1. The van der Waals surface area contributed by atoms with E-state index in [-0.39, 0.29) is 11.8 Å². The summed E-state index contributed by atoms with van der Waals surface area (Å²) >= 11 is 0. The summed E-state index contributed by atoms with van der Waals surface area (Å²) in [4.78, 5) is 15.9. The molecule has 1 amide bonds. The van der Waals surface area contributed by atoms with Crippen LogP contribution in [0.1, 0.15) is 32.8 Å². The number of hydrazone groups is 1. The molecule has 103 valence electrons. The molecule has 1 aromatic rings. The van der Waals surface area contributed by atoms with Gasteiger partial charge in [-0.2, -0.15) is 5.10 Å². The maximum atomic E-state index is 11.5. The van der Waals surface area contributed by atoms with Crippen LogP contribution < -0.4 is 10.7 Å². The molecule has 0 aliphatic carbocycles. The molecule has 1 unspecified atom stereocenters. The van der Waals surface area contributed by atoms with Crippen molar-refractivity contribution >= 4 is 28.8 Å². The van der Waals surface area contributed by atoms with Crippen molar-refractivity contribution in [3.05, 3.63) is 23.8 Å². The predicted octanol–water partition coefficient (Wildman–Crippen LogP) is 2.48. The Morgan fingerprint density at radius 2 is 2.10 bits per heavy atom. The van der Waals surface area contributed by atoms with Gasteiger partial charge in [-0.05, 0) is 25.0 Å². The molecule has 5 heteroatoms. The number of amidine groups is 1. The van der Waals surface area contributed by atoms with E-state index in [0.29, 0.717) is 12.3 Å². The van der Waals surface area contributed by atoms with Crippen molar-refractivity contribution in [3.8, 4) is 0 Å². The first-order valence-corrected chi connectivity index (χ1v) is 6.82. The van der Waals surface area contributed by atoms with Crippen LogP contribution in [-0.2, 0) is 4.79 Å². The van der Waals surface area contributed by atoms with Gasteiger partial charge in [-0.3, -0.25) is 4.79 Å². The molecule has 1 N–H and O–H groups in total. The molecule has 0 saturated carbocycles. The number of amides is 1. The molecule has 1 radical (unpaired) electrons. The number of carbonyl (C=O) groups is 1. The van der Waals surface area contributed by atoms with Crippen LogP contribution >= 0.6 is 0 Å². The number of rotatable bonds is 2. The van der Waals surface area contributed by atoms with Gasteiger partial charge in [0.2, 0.25) is 5.91 Å². The number of carbonyl (C=O) groups excluding carboxylic acids is 1. The van der Waals surface area contributed by atoms with E-state index >= 15 is 0 Å². The normalized spacial score (nSPS) is 21.0. The Morgan fingerprint density at radius 1 is 1.30 bits per heavy atom. The Labute approximate surface area is 118 Å². The lowest BCUT2D eigenvalue weighted by molar-refractivity contribution is -0.122.